The monoisotopic (exact) mass is 262 g/mol. The minimum atomic E-state index is -1.56. The van der Waals surface area contributed by atoms with Crippen LogP contribution in [0.1, 0.15) is 19.8 Å². The zero-order chi connectivity index (χ0) is 14.2. The standard InChI is InChI=1S/C12H22O6/c1-3-6-18-12(8-15,9(2)11(16)17)10(7-14)4-5-13/h10,13-15H,2-8H2,1H3,(H,16,17). The molecule has 106 valence electrons. The van der Waals surface area contributed by atoms with Crippen molar-refractivity contribution in [2.45, 2.75) is 25.4 Å². The molecule has 4 N–H and O–H groups in total. The Labute approximate surface area is 107 Å². The first-order valence-electron chi connectivity index (χ1n) is 5.89. The van der Waals surface area contributed by atoms with Gasteiger partial charge in [0.1, 0.15) is 5.60 Å². The summed E-state index contributed by atoms with van der Waals surface area (Å²) in [5, 5.41) is 36.8. The van der Waals surface area contributed by atoms with Gasteiger partial charge in [-0.05, 0) is 12.8 Å². The van der Waals surface area contributed by atoms with E-state index in [0.717, 1.165) is 0 Å². The fourth-order valence-electron chi connectivity index (χ4n) is 1.81. The molecule has 2 unspecified atom stereocenters. The van der Waals surface area contributed by atoms with Crippen molar-refractivity contribution in [3.05, 3.63) is 12.2 Å². The number of ether oxygens (including phenoxy) is 1. The number of carboxylic acid groups (broad SMARTS) is 1. The van der Waals surface area contributed by atoms with Gasteiger partial charge in [0.15, 0.2) is 0 Å². The highest BCUT2D eigenvalue weighted by Crippen LogP contribution is 2.32. The summed E-state index contributed by atoms with van der Waals surface area (Å²) < 4.78 is 5.46. The van der Waals surface area contributed by atoms with Crippen molar-refractivity contribution < 1.29 is 30.0 Å². The SMILES string of the molecule is C=C(C(=O)O)C(CO)(OCCC)C(CO)CCO. The Kier molecular flexibility index (Phi) is 7.77. The quantitative estimate of drug-likeness (QED) is 0.405. The first-order chi connectivity index (χ1) is 8.49. The van der Waals surface area contributed by atoms with Crippen LogP contribution in [0.15, 0.2) is 12.2 Å². The molecule has 0 saturated heterocycles. The molecule has 0 bridgehead atoms. The Morgan fingerprint density at radius 3 is 2.33 bits per heavy atom. The molecule has 0 aromatic carbocycles. The molecule has 0 spiro atoms. The average molecular weight is 262 g/mol. The number of carboxylic acids is 1. The number of rotatable bonds is 10. The number of aliphatic hydroxyl groups excluding tert-OH is 3. The van der Waals surface area contributed by atoms with Gasteiger partial charge in [-0.25, -0.2) is 4.79 Å². The van der Waals surface area contributed by atoms with Crippen LogP contribution in [0.5, 0.6) is 0 Å². The minimum absolute atomic E-state index is 0.118. The van der Waals surface area contributed by atoms with Crippen LogP contribution in [0.25, 0.3) is 0 Å². The third-order valence-electron chi connectivity index (χ3n) is 2.93. The van der Waals surface area contributed by atoms with Crippen molar-refractivity contribution in [2.24, 2.45) is 5.92 Å². The lowest BCUT2D eigenvalue weighted by atomic mass is 9.80. The van der Waals surface area contributed by atoms with Crippen molar-refractivity contribution in [3.8, 4) is 0 Å². The number of hydrogen-bond donors (Lipinski definition) is 4. The maximum atomic E-state index is 11.1. The van der Waals surface area contributed by atoms with Gasteiger partial charge in [0, 0.05) is 25.7 Å². The van der Waals surface area contributed by atoms with Gasteiger partial charge in [0.25, 0.3) is 0 Å². The second-order valence-electron chi connectivity index (χ2n) is 4.07. The lowest BCUT2D eigenvalue weighted by Gasteiger charge is -2.38. The van der Waals surface area contributed by atoms with Gasteiger partial charge < -0.3 is 25.2 Å². The van der Waals surface area contributed by atoms with E-state index >= 15 is 0 Å². The molecule has 0 radical (unpaired) electrons. The molecule has 0 aromatic rings. The highest BCUT2D eigenvalue weighted by Gasteiger charge is 2.44. The summed E-state index contributed by atoms with van der Waals surface area (Å²) in [5.74, 6) is -2.01. The van der Waals surface area contributed by atoms with E-state index in [0.29, 0.717) is 6.42 Å². The Bertz CT molecular complexity index is 278. The Morgan fingerprint density at radius 1 is 1.39 bits per heavy atom. The number of hydrogen-bond acceptors (Lipinski definition) is 5. The lowest BCUT2D eigenvalue weighted by Crippen LogP contribution is -2.50. The van der Waals surface area contributed by atoms with Crippen molar-refractivity contribution in [3.63, 3.8) is 0 Å². The first-order valence-corrected chi connectivity index (χ1v) is 5.89. The Hall–Kier alpha value is -0.950. The molecule has 0 rings (SSSR count). The van der Waals surface area contributed by atoms with E-state index in [1.807, 2.05) is 6.92 Å². The topological polar surface area (TPSA) is 107 Å². The van der Waals surface area contributed by atoms with Gasteiger partial charge in [0.05, 0.1) is 12.2 Å². The third-order valence-corrected chi connectivity index (χ3v) is 2.93. The maximum absolute atomic E-state index is 11.1. The van der Waals surface area contributed by atoms with Gasteiger partial charge in [-0.2, -0.15) is 0 Å². The van der Waals surface area contributed by atoms with Gasteiger partial charge >= 0.3 is 5.97 Å². The van der Waals surface area contributed by atoms with Gasteiger partial charge in [-0.1, -0.05) is 13.5 Å². The Morgan fingerprint density at radius 2 is 2.00 bits per heavy atom. The molecule has 6 heteroatoms. The van der Waals surface area contributed by atoms with Crippen LogP contribution in [0, 0.1) is 5.92 Å². The molecule has 0 aliphatic rings. The average Bonchev–Trinajstić information content (AvgIpc) is 2.37. The van der Waals surface area contributed by atoms with Crippen LogP contribution < -0.4 is 0 Å². The maximum Gasteiger partial charge on any atom is 0.334 e. The predicted molar refractivity (Wildman–Crippen MR) is 65.1 cm³/mol. The van der Waals surface area contributed by atoms with Crippen molar-refractivity contribution in [2.75, 3.05) is 26.4 Å². The second kappa shape index (κ2) is 8.20. The predicted octanol–water partition coefficient (Wildman–Crippen LogP) is -0.224. The summed E-state index contributed by atoms with van der Waals surface area (Å²) in [6.07, 6.45) is 0.749. The summed E-state index contributed by atoms with van der Waals surface area (Å²) in [4.78, 5) is 11.1. The normalized spacial score (nSPS) is 16.0. The zero-order valence-corrected chi connectivity index (χ0v) is 10.6. The van der Waals surface area contributed by atoms with Crippen molar-refractivity contribution in [1.29, 1.82) is 0 Å². The molecule has 6 nitrogen and oxygen atoms in total. The van der Waals surface area contributed by atoms with Gasteiger partial charge in [-0.15, -0.1) is 0 Å². The molecule has 0 amide bonds. The van der Waals surface area contributed by atoms with Crippen LogP contribution in [-0.2, 0) is 9.53 Å². The van der Waals surface area contributed by atoms with E-state index in [4.69, 9.17) is 14.9 Å². The molecular weight excluding hydrogens is 240 g/mol. The Balaban J connectivity index is 5.30. The highest BCUT2D eigenvalue weighted by molar-refractivity contribution is 5.88. The fourth-order valence-corrected chi connectivity index (χ4v) is 1.81. The number of carbonyl (C=O) groups is 1. The van der Waals surface area contributed by atoms with Crippen molar-refractivity contribution >= 4 is 5.97 Å². The fraction of sp³-hybridized carbons (Fsp3) is 0.750. The zero-order valence-electron chi connectivity index (χ0n) is 10.6. The van der Waals surface area contributed by atoms with E-state index in [-0.39, 0.29) is 25.2 Å². The van der Waals surface area contributed by atoms with Crippen LogP contribution in [-0.4, -0.2) is 58.4 Å². The summed E-state index contributed by atoms with van der Waals surface area (Å²) in [6.45, 7) is 4.24. The second-order valence-corrected chi connectivity index (χ2v) is 4.07. The van der Waals surface area contributed by atoms with E-state index in [1.165, 1.54) is 0 Å². The third kappa shape index (κ3) is 3.78. The molecule has 0 aromatic heterocycles. The molecule has 2 atom stereocenters. The van der Waals surface area contributed by atoms with E-state index in [9.17, 15) is 15.0 Å². The van der Waals surface area contributed by atoms with E-state index in [1.54, 1.807) is 0 Å². The van der Waals surface area contributed by atoms with E-state index < -0.39 is 30.7 Å². The summed E-state index contributed by atoms with van der Waals surface area (Å²) >= 11 is 0. The van der Waals surface area contributed by atoms with Crippen LogP contribution >= 0.6 is 0 Å². The lowest BCUT2D eigenvalue weighted by molar-refractivity contribution is -0.144. The molecule has 0 fully saturated rings. The molecule has 0 aliphatic heterocycles. The largest absolute Gasteiger partial charge is 0.478 e. The summed E-state index contributed by atoms with van der Waals surface area (Å²) in [6, 6.07) is 0. The van der Waals surface area contributed by atoms with Crippen LogP contribution in [0.2, 0.25) is 0 Å². The molecule has 0 heterocycles. The van der Waals surface area contributed by atoms with E-state index in [2.05, 4.69) is 6.58 Å². The molecule has 0 aliphatic carbocycles. The molecular formula is C12H22O6. The van der Waals surface area contributed by atoms with Crippen molar-refractivity contribution in [1.82, 2.24) is 0 Å². The summed E-state index contributed by atoms with van der Waals surface area (Å²) in [7, 11) is 0. The highest BCUT2D eigenvalue weighted by atomic mass is 16.5. The minimum Gasteiger partial charge on any atom is -0.478 e. The first kappa shape index (κ1) is 17.1. The molecule has 0 saturated carbocycles. The summed E-state index contributed by atoms with van der Waals surface area (Å²) in [5.41, 5.74) is -1.87. The number of aliphatic carboxylic acids is 1. The van der Waals surface area contributed by atoms with Gasteiger partial charge in [0.2, 0.25) is 0 Å². The number of aliphatic hydroxyl groups is 3. The smallest absolute Gasteiger partial charge is 0.334 e. The molecule has 18 heavy (non-hydrogen) atoms. The van der Waals surface area contributed by atoms with Crippen LogP contribution in [0.4, 0.5) is 0 Å². The van der Waals surface area contributed by atoms with Gasteiger partial charge in [-0.3, -0.25) is 0 Å². The van der Waals surface area contributed by atoms with Crippen LogP contribution in [0.3, 0.4) is 0 Å².